The zero-order chi connectivity index (χ0) is 27.1. The van der Waals surface area contributed by atoms with Crippen molar-refractivity contribution >= 4 is 5.97 Å². The van der Waals surface area contributed by atoms with Crippen LogP contribution in [-0.4, -0.2) is 45.3 Å². The van der Waals surface area contributed by atoms with Crippen LogP contribution in [0.25, 0.3) is 0 Å². The molecular weight excluding hydrogens is 485 g/mol. The molecule has 0 bridgehead atoms. The number of hydrogen-bond acceptors (Lipinski definition) is 6. The normalized spacial score (nSPS) is 16.9. The van der Waals surface area contributed by atoms with Gasteiger partial charge in [0.2, 0.25) is 0 Å². The number of benzene rings is 3. The Morgan fingerprint density at radius 1 is 0.868 bits per heavy atom. The first-order valence-electron chi connectivity index (χ1n) is 13.0. The number of piperidine rings is 1. The number of likely N-dealkylation sites (tertiary alicyclic amines) is 1. The second kappa shape index (κ2) is 12.9. The minimum atomic E-state index is -0.839. The summed E-state index contributed by atoms with van der Waals surface area (Å²) >= 11 is 0. The Balaban J connectivity index is 1.58. The van der Waals surface area contributed by atoms with E-state index in [0.29, 0.717) is 11.5 Å². The Morgan fingerprint density at radius 3 is 2.16 bits per heavy atom. The quantitative estimate of drug-likeness (QED) is 0.292. The summed E-state index contributed by atoms with van der Waals surface area (Å²) in [5, 5.41) is 0. The van der Waals surface area contributed by atoms with E-state index in [0.717, 1.165) is 42.6 Å². The van der Waals surface area contributed by atoms with E-state index in [4.69, 9.17) is 18.9 Å². The van der Waals surface area contributed by atoms with Crippen LogP contribution in [0.2, 0.25) is 0 Å². The van der Waals surface area contributed by atoms with Gasteiger partial charge in [-0.2, -0.15) is 0 Å². The number of hydrogen-bond donors (Lipinski definition) is 0. The van der Waals surface area contributed by atoms with Crippen molar-refractivity contribution in [3.8, 4) is 11.5 Å². The lowest BCUT2D eigenvalue weighted by atomic mass is 9.85. The zero-order valence-electron chi connectivity index (χ0n) is 22.4. The number of carbonyl (C=O) groups is 1. The maximum absolute atomic E-state index is 13.5. The number of para-hydroxylation sites is 1. The lowest BCUT2D eigenvalue weighted by Crippen LogP contribution is -2.38. The lowest BCUT2D eigenvalue weighted by molar-refractivity contribution is -0.166. The number of ether oxygens (including phenoxy) is 4. The molecular formula is C31H36FNO5. The summed E-state index contributed by atoms with van der Waals surface area (Å²) in [6.45, 7) is 3.77. The highest BCUT2D eigenvalue weighted by Crippen LogP contribution is 2.43. The predicted octanol–water partition coefficient (Wildman–Crippen LogP) is 6.29. The Morgan fingerprint density at radius 2 is 1.55 bits per heavy atom. The van der Waals surface area contributed by atoms with Gasteiger partial charge in [-0.3, -0.25) is 4.90 Å². The topological polar surface area (TPSA) is 57.2 Å². The first kappa shape index (κ1) is 27.6. The SMILES string of the molecule is COc1cccc(C(OC(=O)C(OC)c2ccccc2)C2CCN(C(C)c3ccc(F)cc3)CC2)c1OC. The van der Waals surface area contributed by atoms with Gasteiger partial charge in [-0.15, -0.1) is 0 Å². The van der Waals surface area contributed by atoms with E-state index in [1.54, 1.807) is 14.2 Å². The first-order chi connectivity index (χ1) is 18.5. The summed E-state index contributed by atoms with van der Waals surface area (Å²) in [6, 6.07) is 21.8. The van der Waals surface area contributed by atoms with Crippen molar-refractivity contribution in [2.75, 3.05) is 34.4 Å². The molecule has 0 aromatic heterocycles. The maximum atomic E-state index is 13.5. The third-order valence-electron chi connectivity index (χ3n) is 7.44. The molecule has 1 fully saturated rings. The molecule has 3 unspecified atom stereocenters. The van der Waals surface area contributed by atoms with Crippen molar-refractivity contribution < 1.29 is 28.1 Å². The molecule has 7 heteroatoms. The average molecular weight is 522 g/mol. The lowest BCUT2D eigenvalue weighted by Gasteiger charge is -2.39. The molecule has 0 aliphatic carbocycles. The molecule has 0 spiro atoms. The van der Waals surface area contributed by atoms with E-state index in [-0.39, 0.29) is 17.8 Å². The van der Waals surface area contributed by atoms with Crippen molar-refractivity contribution in [2.24, 2.45) is 5.92 Å². The Kier molecular flexibility index (Phi) is 9.37. The van der Waals surface area contributed by atoms with Crippen LogP contribution in [0.1, 0.15) is 54.7 Å². The Labute approximate surface area is 224 Å². The van der Waals surface area contributed by atoms with Crippen LogP contribution >= 0.6 is 0 Å². The smallest absolute Gasteiger partial charge is 0.340 e. The molecule has 3 aromatic carbocycles. The summed E-state index contributed by atoms with van der Waals surface area (Å²) in [6.07, 6.45) is 0.241. The van der Waals surface area contributed by atoms with Gasteiger partial charge in [0.25, 0.3) is 0 Å². The maximum Gasteiger partial charge on any atom is 0.340 e. The van der Waals surface area contributed by atoms with E-state index >= 15 is 0 Å². The van der Waals surface area contributed by atoms with Crippen molar-refractivity contribution in [3.63, 3.8) is 0 Å². The van der Waals surface area contributed by atoms with Crippen molar-refractivity contribution in [2.45, 2.75) is 38.0 Å². The predicted molar refractivity (Wildman–Crippen MR) is 144 cm³/mol. The van der Waals surface area contributed by atoms with E-state index in [1.807, 2.05) is 60.7 Å². The van der Waals surface area contributed by atoms with Gasteiger partial charge < -0.3 is 18.9 Å². The van der Waals surface area contributed by atoms with Crippen molar-refractivity contribution in [3.05, 3.63) is 95.3 Å². The molecule has 1 aliphatic heterocycles. The van der Waals surface area contributed by atoms with Crippen LogP contribution in [0.4, 0.5) is 4.39 Å². The number of esters is 1. The fourth-order valence-corrected chi connectivity index (χ4v) is 5.29. The van der Waals surface area contributed by atoms with Gasteiger partial charge in [0.1, 0.15) is 11.9 Å². The van der Waals surface area contributed by atoms with Gasteiger partial charge >= 0.3 is 5.97 Å². The van der Waals surface area contributed by atoms with Crippen molar-refractivity contribution in [1.82, 2.24) is 4.90 Å². The van der Waals surface area contributed by atoms with Gasteiger partial charge in [0, 0.05) is 24.6 Å². The summed E-state index contributed by atoms with van der Waals surface area (Å²) in [5.41, 5.74) is 2.58. The molecule has 202 valence electrons. The van der Waals surface area contributed by atoms with Crippen LogP contribution in [0.5, 0.6) is 11.5 Å². The molecule has 0 saturated carbocycles. The summed E-state index contributed by atoms with van der Waals surface area (Å²) in [5.74, 6) is 0.519. The minimum absolute atomic E-state index is 0.0601. The molecule has 38 heavy (non-hydrogen) atoms. The number of methoxy groups -OCH3 is 3. The summed E-state index contributed by atoms with van der Waals surface area (Å²) in [4.78, 5) is 15.9. The van der Waals surface area contributed by atoms with Crippen LogP contribution in [0.15, 0.2) is 72.8 Å². The minimum Gasteiger partial charge on any atom is -0.493 e. The fourth-order valence-electron chi connectivity index (χ4n) is 5.29. The molecule has 1 aliphatic rings. The molecule has 4 rings (SSSR count). The van der Waals surface area contributed by atoms with Gasteiger partial charge in [0.15, 0.2) is 17.6 Å². The fraction of sp³-hybridized carbons (Fsp3) is 0.387. The van der Waals surface area contributed by atoms with E-state index in [2.05, 4.69) is 11.8 Å². The van der Waals surface area contributed by atoms with Crippen LogP contribution < -0.4 is 9.47 Å². The Hall–Kier alpha value is -3.42. The second-order valence-corrected chi connectivity index (χ2v) is 9.57. The number of rotatable bonds is 10. The summed E-state index contributed by atoms with van der Waals surface area (Å²) < 4.78 is 36.5. The van der Waals surface area contributed by atoms with E-state index in [1.165, 1.54) is 19.2 Å². The molecule has 0 radical (unpaired) electrons. The molecule has 3 aromatic rings. The van der Waals surface area contributed by atoms with E-state index < -0.39 is 18.2 Å². The molecule has 1 heterocycles. The largest absolute Gasteiger partial charge is 0.493 e. The second-order valence-electron chi connectivity index (χ2n) is 9.57. The third-order valence-corrected chi connectivity index (χ3v) is 7.44. The average Bonchev–Trinajstić information content (AvgIpc) is 2.96. The molecule has 0 amide bonds. The van der Waals surface area contributed by atoms with Crippen LogP contribution in [0.3, 0.4) is 0 Å². The van der Waals surface area contributed by atoms with Gasteiger partial charge in [-0.05, 0) is 62.2 Å². The third kappa shape index (κ3) is 6.17. The number of carbonyl (C=O) groups excluding carboxylic acids is 1. The van der Waals surface area contributed by atoms with Crippen molar-refractivity contribution in [1.29, 1.82) is 0 Å². The van der Waals surface area contributed by atoms with Gasteiger partial charge in [-0.25, -0.2) is 9.18 Å². The zero-order valence-corrected chi connectivity index (χ0v) is 22.4. The molecule has 1 saturated heterocycles. The van der Waals surface area contributed by atoms with E-state index in [9.17, 15) is 9.18 Å². The first-order valence-corrected chi connectivity index (χ1v) is 13.0. The highest BCUT2D eigenvalue weighted by atomic mass is 19.1. The highest BCUT2D eigenvalue weighted by Gasteiger charge is 2.36. The van der Waals surface area contributed by atoms with Crippen LogP contribution in [-0.2, 0) is 14.3 Å². The number of nitrogens with zero attached hydrogens (tertiary/aromatic N) is 1. The van der Waals surface area contributed by atoms with Gasteiger partial charge in [-0.1, -0.05) is 54.6 Å². The summed E-state index contributed by atoms with van der Waals surface area (Å²) in [7, 11) is 4.69. The van der Waals surface area contributed by atoms with Gasteiger partial charge in [0.05, 0.1) is 14.2 Å². The molecule has 3 atom stereocenters. The van der Waals surface area contributed by atoms with Crippen LogP contribution in [0, 0.1) is 11.7 Å². The monoisotopic (exact) mass is 521 g/mol. The Bertz CT molecular complexity index is 1180. The molecule has 0 N–H and O–H groups in total. The highest BCUT2D eigenvalue weighted by molar-refractivity contribution is 5.77. The number of halogens is 1. The molecule has 6 nitrogen and oxygen atoms in total. The standard InChI is InChI=1S/C31H36FNO5/c1-21(22-13-15-25(32)16-14-22)33-19-17-24(18-20-33)28(26-11-8-12-27(35-2)30(26)37-4)38-31(34)29(36-3)23-9-6-5-7-10-23/h5-16,21,24,28-29H,17-20H2,1-4H3.